The van der Waals surface area contributed by atoms with Gasteiger partial charge in [-0.15, -0.1) is 11.3 Å². The molecule has 1 unspecified atom stereocenters. The van der Waals surface area contributed by atoms with Gasteiger partial charge in [0.15, 0.2) is 0 Å². The van der Waals surface area contributed by atoms with Gasteiger partial charge >= 0.3 is 0 Å². The molecule has 0 aliphatic heterocycles. The van der Waals surface area contributed by atoms with E-state index >= 15 is 0 Å². The molecule has 0 amide bonds. The second-order valence-electron chi connectivity index (χ2n) is 3.30. The second-order valence-corrected chi connectivity index (χ2v) is 4.18. The van der Waals surface area contributed by atoms with Crippen molar-refractivity contribution >= 4 is 21.6 Å². The van der Waals surface area contributed by atoms with E-state index in [1.807, 2.05) is 12.4 Å². The average Bonchev–Trinajstić information content (AvgIpc) is 2.51. The highest BCUT2D eigenvalue weighted by Gasteiger charge is 2.04. The summed E-state index contributed by atoms with van der Waals surface area (Å²) < 4.78 is 1.25. The fraction of sp³-hybridized carbons (Fsp3) is 0.300. The van der Waals surface area contributed by atoms with E-state index in [1.54, 1.807) is 11.3 Å². The Morgan fingerprint density at radius 1 is 1.54 bits per heavy atom. The summed E-state index contributed by atoms with van der Waals surface area (Å²) in [5, 5.41) is 0. The molecule has 3 heteroatoms. The zero-order chi connectivity index (χ0) is 9.26. The number of thiazole rings is 1. The smallest absolute Gasteiger partial charge is 0.0844 e. The number of rotatable bonds is 2. The van der Waals surface area contributed by atoms with Crippen LogP contribution in [0.4, 0.5) is 0 Å². The lowest BCUT2D eigenvalue weighted by Crippen LogP contribution is -2.17. The molecule has 2 aromatic rings. The van der Waals surface area contributed by atoms with Crippen molar-refractivity contribution in [3.05, 3.63) is 29.3 Å². The van der Waals surface area contributed by atoms with Crippen molar-refractivity contribution in [3.63, 3.8) is 0 Å². The van der Waals surface area contributed by atoms with Crippen molar-refractivity contribution in [2.75, 3.05) is 0 Å². The number of hydrogen-bond donors (Lipinski definition) is 1. The molecular weight excluding hydrogens is 180 g/mol. The highest BCUT2D eigenvalue weighted by Crippen LogP contribution is 2.21. The SMILES string of the molecule is CC(N)Cc1cccc2scnc12. The van der Waals surface area contributed by atoms with Crippen LogP contribution in [0.3, 0.4) is 0 Å². The van der Waals surface area contributed by atoms with E-state index in [2.05, 4.69) is 23.2 Å². The molecule has 0 fully saturated rings. The first kappa shape index (κ1) is 8.66. The van der Waals surface area contributed by atoms with Crippen molar-refractivity contribution in [2.45, 2.75) is 19.4 Å². The minimum atomic E-state index is 0.201. The summed E-state index contributed by atoms with van der Waals surface area (Å²) in [6.07, 6.45) is 0.904. The molecule has 0 aliphatic rings. The first-order valence-corrected chi connectivity index (χ1v) is 5.22. The minimum absolute atomic E-state index is 0.201. The Kier molecular flexibility index (Phi) is 2.29. The van der Waals surface area contributed by atoms with E-state index in [4.69, 9.17) is 5.73 Å². The molecule has 2 nitrogen and oxygen atoms in total. The first-order chi connectivity index (χ1) is 6.27. The third-order valence-corrected chi connectivity index (χ3v) is 2.78. The summed E-state index contributed by atoms with van der Waals surface area (Å²) in [4.78, 5) is 4.33. The van der Waals surface area contributed by atoms with Crippen molar-refractivity contribution < 1.29 is 0 Å². The van der Waals surface area contributed by atoms with Gasteiger partial charge in [-0.3, -0.25) is 0 Å². The molecule has 0 saturated heterocycles. The molecule has 2 N–H and O–H groups in total. The van der Waals surface area contributed by atoms with Crippen LogP contribution in [-0.4, -0.2) is 11.0 Å². The monoisotopic (exact) mass is 192 g/mol. The zero-order valence-corrected chi connectivity index (χ0v) is 8.34. The van der Waals surface area contributed by atoms with Crippen LogP contribution in [0.15, 0.2) is 23.7 Å². The fourth-order valence-electron chi connectivity index (χ4n) is 1.46. The summed E-state index contributed by atoms with van der Waals surface area (Å²) in [7, 11) is 0. The quantitative estimate of drug-likeness (QED) is 0.792. The molecule has 0 saturated carbocycles. The fourth-order valence-corrected chi connectivity index (χ4v) is 2.18. The van der Waals surface area contributed by atoms with Gasteiger partial charge in [0.05, 0.1) is 15.7 Å². The van der Waals surface area contributed by atoms with Gasteiger partial charge in [0.25, 0.3) is 0 Å². The number of nitrogens with two attached hydrogens (primary N) is 1. The summed E-state index contributed by atoms with van der Waals surface area (Å²) in [5.74, 6) is 0. The molecule has 0 radical (unpaired) electrons. The lowest BCUT2D eigenvalue weighted by atomic mass is 10.1. The number of para-hydroxylation sites is 1. The van der Waals surface area contributed by atoms with Crippen LogP contribution in [0.25, 0.3) is 10.2 Å². The molecule has 13 heavy (non-hydrogen) atoms. The Morgan fingerprint density at radius 2 is 2.38 bits per heavy atom. The molecule has 0 spiro atoms. The number of benzene rings is 1. The molecule has 1 heterocycles. The molecule has 0 bridgehead atoms. The van der Waals surface area contributed by atoms with Gasteiger partial charge in [-0.1, -0.05) is 12.1 Å². The maximum Gasteiger partial charge on any atom is 0.0844 e. The lowest BCUT2D eigenvalue weighted by Gasteiger charge is -2.04. The largest absolute Gasteiger partial charge is 0.328 e. The summed E-state index contributed by atoms with van der Waals surface area (Å²) >= 11 is 1.68. The van der Waals surface area contributed by atoms with E-state index in [0.29, 0.717) is 0 Å². The molecule has 1 atom stereocenters. The third-order valence-electron chi connectivity index (χ3n) is 1.99. The van der Waals surface area contributed by atoms with Crippen LogP contribution < -0.4 is 5.73 Å². The summed E-state index contributed by atoms with van der Waals surface area (Å²) in [6, 6.07) is 6.47. The second kappa shape index (κ2) is 3.44. The normalized spacial score (nSPS) is 13.4. The summed E-state index contributed by atoms with van der Waals surface area (Å²) in [5.41, 5.74) is 10.0. The molecule has 2 rings (SSSR count). The van der Waals surface area contributed by atoms with Gasteiger partial charge in [-0.2, -0.15) is 0 Å². The molecule has 68 valence electrons. The maximum atomic E-state index is 5.76. The van der Waals surface area contributed by atoms with Gasteiger partial charge in [0, 0.05) is 6.04 Å². The Bertz CT molecular complexity index is 406. The highest BCUT2D eigenvalue weighted by molar-refractivity contribution is 7.16. The number of fused-ring (bicyclic) bond motifs is 1. The van der Waals surface area contributed by atoms with Crippen molar-refractivity contribution in [2.24, 2.45) is 5.73 Å². The lowest BCUT2D eigenvalue weighted by molar-refractivity contribution is 0.741. The Labute approximate surface area is 81.4 Å². The zero-order valence-electron chi connectivity index (χ0n) is 7.53. The van der Waals surface area contributed by atoms with Gasteiger partial charge in [0.1, 0.15) is 0 Å². The first-order valence-electron chi connectivity index (χ1n) is 4.34. The Hall–Kier alpha value is -0.930. The van der Waals surface area contributed by atoms with Crippen LogP contribution in [0.1, 0.15) is 12.5 Å². The third kappa shape index (κ3) is 1.71. The van der Waals surface area contributed by atoms with Crippen molar-refractivity contribution in [3.8, 4) is 0 Å². The predicted octanol–water partition coefficient (Wildman–Crippen LogP) is 2.19. The van der Waals surface area contributed by atoms with E-state index < -0.39 is 0 Å². The predicted molar refractivity (Wildman–Crippen MR) is 57.0 cm³/mol. The van der Waals surface area contributed by atoms with Crippen molar-refractivity contribution in [1.29, 1.82) is 0 Å². The van der Waals surface area contributed by atoms with Crippen LogP contribution in [-0.2, 0) is 6.42 Å². The van der Waals surface area contributed by atoms with E-state index in [1.165, 1.54) is 10.3 Å². The molecule has 1 aromatic heterocycles. The highest BCUT2D eigenvalue weighted by atomic mass is 32.1. The number of hydrogen-bond acceptors (Lipinski definition) is 3. The standard InChI is InChI=1S/C10H12N2S/c1-7(11)5-8-3-2-4-9-10(8)12-6-13-9/h2-4,6-7H,5,11H2,1H3. The van der Waals surface area contributed by atoms with Crippen molar-refractivity contribution in [1.82, 2.24) is 4.98 Å². The Balaban J connectivity index is 2.48. The van der Waals surface area contributed by atoms with Gasteiger partial charge in [-0.25, -0.2) is 4.98 Å². The van der Waals surface area contributed by atoms with E-state index in [0.717, 1.165) is 11.9 Å². The van der Waals surface area contributed by atoms with Gasteiger partial charge in [0.2, 0.25) is 0 Å². The topological polar surface area (TPSA) is 38.9 Å². The molecule has 1 aromatic carbocycles. The number of nitrogens with zero attached hydrogens (tertiary/aromatic N) is 1. The minimum Gasteiger partial charge on any atom is -0.328 e. The van der Waals surface area contributed by atoms with E-state index in [-0.39, 0.29) is 6.04 Å². The van der Waals surface area contributed by atoms with Crippen LogP contribution in [0.5, 0.6) is 0 Å². The average molecular weight is 192 g/mol. The van der Waals surface area contributed by atoms with E-state index in [9.17, 15) is 0 Å². The maximum absolute atomic E-state index is 5.76. The van der Waals surface area contributed by atoms with Gasteiger partial charge < -0.3 is 5.73 Å². The molecule has 0 aliphatic carbocycles. The van der Waals surface area contributed by atoms with Crippen LogP contribution in [0.2, 0.25) is 0 Å². The Morgan fingerprint density at radius 3 is 3.15 bits per heavy atom. The molecular formula is C10H12N2S. The van der Waals surface area contributed by atoms with Gasteiger partial charge in [-0.05, 0) is 25.0 Å². The summed E-state index contributed by atoms with van der Waals surface area (Å²) in [6.45, 7) is 2.02. The van der Waals surface area contributed by atoms with Crippen LogP contribution in [0, 0.1) is 0 Å². The van der Waals surface area contributed by atoms with Crippen LogP contribution >= 0.6 is 11.3 Å². The number of aromatic nitrogens is 1.